The van der Waals surface area contributed by atoms with Crippen LogP contribution in [-0.4, -0.2) is 14.7 Å². The Morgan fingerprint density at radius 1 is 1.04 bits per heavy atom. The molecule has 0 saturated carbocycles. The Hall–Kier alpha value is -3.45. The van der Waals surface area contributed by atoms with Crippen molar-refractivity contribution in [2.24, 2.45) is 0 Å². The van der Waals surface area contributed by atoms with Crippen molar-refractivity contribution in [3.8, 4) is 22.0 Å². The fraction of sp³-hybridized carbons (Fsp3) is 0.0500. The molecule has 7 heteroatoms. The zero-order chi connectivity index (χ0) is 18.2. The molecule has 0 aliphatic heterocycles. The summed E-state index contributed by atoms with van der Waals surface area (Å²) in [6.07, 6.45) is 3.12. The average molecular weight is 375 g/mol. The number of furan rings is 1. The third kappa shape index (κ3) is 2.88. The van der Waals surface area contributed by atoms with Gasteiger partial charge in [0.05, 0.1) is 24.5 Å². The van der Waals surface area contributed by atoms with Gasteiger partial charge in [-0.15, -0.1) is 11.3 Å². The van der Waals surface area contributed by atoms with Crippen molar-refractivity contribution in [2.75, 3.05) is 0 Å². The molecular formula is C20H13N3O3S. The molecule has 4 heterocycles. The first kappa shape index (κ1) is 15.8. The second kappa shape index (κ2) is 6.37. The Morgan fingerprint density at radius 2 is 1.93 bits per heavy atom. The lowest BCUT2D eigenvalue weighted by molar-refractivity contribution is 0.408. The van der Waals surface area contributed by atoms with Crippen LogP contribution in [0.3, 0.4) is 0 Å². The summed E-state index contributed by atoms with van der Waals surface area (Å²) in [4.78, 5) is 19.1. The van der Waals surface area contributed by atoms with Crippen LogP contribution >= 0.6 is 11.3 Å². The standard InChI is InChI=1S/C20H13N3O3S/c24-20-15-10-18(13-5-2-1-3-6-13)27-19(15)21-12-23(20)11-14-9-17(26-22-14)16-7-4-8-25-16/h1-10,12H,11H2. The second-order valence-corrected chi connectivity index (χ2v) is 7.06. The summed E-state index contributed by atoms with van der Waals surface area (Å²) in [5, 5.41) is 4.63. The molecule has 132 valence electrons. The van der Waals surface area contributed by atoms with Gasteiger partial charge in [-0.1, -0.05) is 35.5 Å². The molecule has 0 spiro atoms. The van der Waals surface area contributed by atoms with Crippen LogP contribution < -0.4 is 5.56 Å². The van der Waals surface area contributed by atoms with Gasteiger partial charge in [0.2, 0.25) is 5.76 Å². The molecular weight excluding hydrogens is 362 g/mol. The third-order valence-corrected chi connectivity index (χ3v) is 5.32. The number of nitrogens with zero attached hydrogens (tertiary/aromatic N) is 3. The van der Waals surface area contributed by atoms with Gasteiger partial charge in [-0.2, -0.15) is 0 Å². The molecule has 27 heavy (non-hydrogen) atoms. The summed E-state index contributed by atoms with van der Waals surface area (Å²) in [5.74, 6) is 1.12. The van der Waals surface area contributed by atoms with E-state index in [0.717, 1.165) is 15.3 Å². The number of hydrogen-bond acceptors (Lipinski definition) is 6. The number of aromatic nitrogens is 3. The van der Waals surface area contributed by atoms with Crippen LogP contribution in [0.4, 0.5) is 0 Å². The fourth-order valence-corrected chi connectivity index (χ4v) is 3.91. The van der Waals surface area contributed by atoms with Gasteiger partial charge in [0.15, 0.2) is 5.76 Å². The molecule has 0 unspecified atom stereocenters. The Balaban J connectivity index is 1.49. The minimum Gasteiger partial charge on any atom is -0.461 e. The molecule has 4 aromatic heterocycles. The monoisotopic (exact) mass is 375 g/mol. The van der Waals surface area contributed by atoms with Crippen LogP contribution in [0.15, 0.2) is 80.9 Å². The van der Waals surface area contributed by atoms with Gasteiger partial charge in [0.25, 0.3) is 5.56 Å². The highest BCUT2D eigenvalue weighted by Gasteiger charge is 2.13. The SMILES string of the molecule is O=c1c2cc(-c3ccccc3)sc2ncn1Cc1cc(-c2ccco2)on1. The molecule has 5 aromatic rings. The molecule has 6 nitrogen and oxygen atoms in total. The maximum Gasteiger partial charge on any atom is 0.262 e. The quantitative estimate of drug-likeness (QED) is 0.465. The highest BCUT2D eigenvalue weighted by Crippen LogP contribution is 2.30. The Labute approximate surface area is 157 Å². The first-order chi connectivity index (χ1) is 13.3. The van der Waals surface area contributed by atoms with E-state index in [0.29, 0.717) is 22.6 Å². The number of thiophene rings is 1. The normalized spacial score (nSPS) is 11.3. The molecule has 0 saturated heterocycles. The highest BCUT2D eigenvalue weighted by molar-refractivity contribution is 7.21. The maximum absolute atomic E-state index is 12.9. The van der Waals surface area contributed by atoms with Gasteiger partial charge < -0.3 is 8.94 Å². The van der Waals surface area contributed by atoms with E-state index in [2.05, 4.69) is 10.1 Å². The van der Waals surface area contributed by atoms with Crippen molar-refractivity contribution in [3.63, 3.8) is 0 Å². The summed E-state index contributed by atoms with van der Waals surface area (Å²) >= 11 is 1.51. The maximum atomic E-state index is 12.9. The Kier molecular flexibility index (Phi) is 3.72. The molecule has 0 atom stereocenters. The minimum atomic E-state index is -0.0963. The van der Waals surface area contributed by atoms with E-state index in [1.54, 1.807) is 30.8 Å². The summed E-state index contributed by atoms with van der Waals surface area (Å²) < 4.78 is 12.1. The predicted molar refractivity (Wildman–Crippen MR) is 103 cm³/mol. The molecule has 0 aliphatic rings. The zero-order valence-corrected chi connectivity index (χ0v) is 14.8. The third-order valence-electron chi connectivity index (χ3n) is 4.23. The van der Waals surface area contributed by atoms with Crippen molar-refractivity contribution in [1.82, 2.24) is 14.7 Å². The average Bonchev–Trinajstić information content (AvgIpc) is 3.45. The van der Waals surface area contributed by atoms with Crippen LogP contribution in [0.2, 0.25) is 0 Å². The van der Waals surface area contributed by atoms with E-state index in [1.165, 1.54) is 15.9 Å². The van der Waals surface area contributed by atoms with Crippen LogP contribution in [-0.2, 0) is 6.54 Å². The van der Waals surface area contributed by atoms with Gasteiger partial charge in [-0.25, -0.2) is 4.98 Å². The smallest absolute Gasteiger partial charge is 0.262 e. The van der Waals surface area contributed by atoms with Crippen LogP contribution in [0.1, 0.15) is 5.69 Å². The van der Waals surface area contributed by atoms with Crippen LogP contribution in [0.25, 0.3) is 32.2 Å². The first-order valence-corrected chi connectivity index (χ1v) is 9.13. The van der Waals surface area contributed by atoms with Gasteiger partial charge in [0.1, 0.15) is 10.5 Å². The van der Waals surface area contributed by atoms with Gasteiger partial charge >= 0.3 is 0 Å². The van der Waals surface area contributed by atoms with Crippen LogP contribution in [0, 0.1) is 0 Å². The zero-order valence-electron chi connectivity index (χ0n) is 14.0. The van der Waals surface area contributed by atoms with E-state index in [1.807, 2.05) is 36.4 Å². The number of hydrogen-bond donors (Lipinski definition) is 0. The lowest BCUT2D eigenvalue weighted by atomic mass is 10.2. The van der Waals surface area contributed by atoms with E-state index >= 15 is 0 Å². The number of fused-ring (bicyclic) bond motifs is 1. The molecule has 0 amide bonds. The molecule has 1 aromatic carbocycles. The summed E-state index contributed by atoms with van der Waals surface area (Å²) in [5.41, 5.74) is 1.61. The topological polar surface area (TPSA) is 74.1 Å². The molecule has 0 N–H and O–H groups in total. The second-order valence-electron chi connectivity index (χ2n) is 6.03. The van der Waals surface area contributed by atoms with E-state index in [4.69, 9.17) is 8.94 Å². The van der Waals surface area contributed by atoms with Crippen molar-refractivity contribution in [3.05, 3.63) is 83.2 Å². The summed E-state index contributed by atoms with van der Waals surface area (Å²) in [6, 6.07) is 17.2. The summed E-state index contributed by atoms with van der Waals surface area (Å²) in [7, 11) is 0. The minimum absolute atomic E-state index is 0.0963. The Bertz CT molecular complexity index is 1270. The lowest BCUT2D eigenvalue weighted by Crippen LogP contribution is -2.20. The first-order valence-electron chi connectivity index (χ1n) is 8.32. The van der Waals surface area contributed by atoms with Gasteiger partial charge in [-0.05, 0) is 23.8 Å². The van der Waals surface area contributed by atoms with Crippen LogP contribution in [0.5, 0.6) is 0 Å². The van der Waals surface area contributed by atoms with Crippen molar-refractivity contribution in [2.45, 2.75) is 6.54 Å². The molecule has 0 radical (unpaired) electrons. The molecule has 5 rings (SSSR count). The van der Waals surface area contributed by atoms with Crippen molar-refractivity contribution < 1.29 is 8.94 Å². The Morgan fingerprint density at radius 3 is 2.74 bits per heavy atom. The lowest BCUT2D eigenvalue weighted by Gasteiger charge is -2.01. The fourth-order valence-electron chi connectivity index (χ4n) is 2.91. The molecule has 0 bridgehead atoms. The van der Waals surface area contributed by atoms with Gasteiger partial charge in [-0.3, -0.25) is 9.36 Å². The highest BCUT2D eigenvalue weighted by atomic mass is 32.1. The van der Waals surface area contributed by atoms with E-state index in [-0.39, 0.29) is 12.1 Å². The predicted octanol–water partition coefficient (Wildman–Crippen LogP) is 4.42. The van der Waals surface area contributed by atoms with Gasteiger partial charge in [0, 0.05) is 10.9 Å². The van der Waals surface area contributed by atoms with Crippen molar-refractivity contribution >= 4 is 21.6 Å². The number of rotatable bonds is 4. The largest absolute Gasteiger partial charge is 0.461 e. The van der Waals surface area contributed by atoms with E-state index < -0.39 is 0 Å². The molecule has 0 fully saturated rings. The number of benzene rings is 1. The molecule has 0 aliphatic carbocycles. The van der Waals surface area contributed by atoms with Crippen molar-refractivity contribution in [1.29, 1.82) is 0 Å². The van der Waals surface area contributed by atoms with E-state index in [9.17, 15) is 4.79 Å². The summed E-state index contributed by atoms with van der Waals surface area (Å²) in [6.45, 7) is 0.280.